The maximum atomic E-state index is 3.77. The summed E-state index contributed by atoms with van der Waals surface area (Å²) >= 11 is 7.47. The molecule has 0 aliphatic heterocycles. The van der Waals surface area contributed by atoms with Crippen molar-refractivity contribution in [1.29, 1.82) is 0 Å². The highest BCUT2D eigenvalue weighted by molar-refractivity contribution is 9.11. The van der Waals surface area contributed by atoms with Crippen LogP contribution in [-0.2, 0) is 5.41 Å². The molecule has 0 bridgehead atoms. The topological polar surface area (TPSA) is 0 Å². The highest BCUT2D eigenvalue weighted by Crippen LogP contribution is 2.64. The average molecular weight is 438 g/mol. The lowest BCUT2D eigenvalue weighted by Crippen LogP contribution is -2.38. The smallest absolute Gasteiger partial charge is 0.0178 e. The van der Waals surface area contributed by atoms with Crippen LogP contribution in [0.2, 0.25) is 0 Å². The van der Waals surface area contributed by atoms with Gasteiger partial charge in [0.25, 0.3) is 0 Å². The van der Waals surface area contributed by atoms with E-state index >= 15 is 0 Å². The molecule has 2 atom stereocenters. The Morgan fingerprint density at radius 1 is 1.04 bits per heavy atom. The summed E-state index contributed by atoms with van der Waals surface area (Å²) in [5.74, 6) is 0. The SMILES string of the molecule is CCCCCCC1(C)c2cc(Br)ccc2C2=CC=C(Br)CC21C. The Balaban J connectivity index is 2.05. The van der Waals surface area contributed by atoms with Gasteiger partial charge in [-0.05, 0) is 46.2 Å². The first-order chi connectivity index (χ1) is 10.9. The van der Waals surface area contributed by atoms with E-state index in [4.69, 9.17) is 0 Å². The lowest BCUT2D eigenvalue weighted by atomic mass is 9.59. The molecule has 0 amide bonds. The number of unbranched alkanes of at least 4 members (excludes halogenated alkanes) is 3. The second kappa shape index (κ2) is 6.52. The van der Waals surface area contributed by atoms with E-state index in [-0.39, 0.29) is 10.8 Å². The summed E-state index contributed by atoms with van der Waals surface area (Å²) in [7, 11) is 0. The number of hydrogen-bond donors (Lipinski definition) is 0. The van der Waals surface area contributed by atoms with Crippen molar-refractivity contribution in [3.8, 4) is 0 Å². The monoisotopic (exact) mass is 436 g/mol. The van der Waals surface area contributed by atoms with Gasteiger partial charge in [-0.25, -0.2) is 0 Å². The highest BCUT2D eigenvalue weighted by Gasteiger charge is 2.54. The Labute approximate surface area is 157 Å². The zero-order valence-electron chi connectivity index (χ0n) is 14.4. The Morgan fingerprint density at radius 2 is 1.83 bits per heavy atom. The van der Waals surface area contributed by atoms with Crippen molar-refractivity contribution < 1.29 is 0 Å². The van der Waals surface area contributed by atoms with Gasteiger partial charge in [0.2, 0.25) is 0 Å². The Bertz CT molecular complexity index is 670. The van der Waals surface area contributed by atoms with Gasteiger partial charge in [-0.15, -0.1) is 0 Å². The van der Waals surface area contributed by atoms with Crippen LogP contribution in [0.3, 0.4) is 0 Å². The zero-order valence-corrected chi connectivity index (χ0v) is 17.6. The molecule has 0 radical (unpaired) electrons. The molecule has 2 aliphatic rings. The van der Waals surface area contributed by atoms with Gasteiger partial charge in [-0.2, -0.15) is 0 Å². The summed E-state index contributed by atoms with van der Waals surface area (Å²) < 4.78 is 2.53. The summed E-state index contributed by atoms with van der Waals surface area (Å²) in [6.45, 7) is 7.26. The van der Waals surface area contributed by atoms with Crippen molar-refractivity contribution in [3.05, 3.63) is 50.4 Å². The van der Waals surface area contributed by atoms with Crippen LogP contribution in [0.5, 0.6) is 0 Å². The minimum absolute atomic E-state index is 0.190. The summed E-state index contributed by atoms with van der Waals surface area (Å²) in [5, 5.41) is 0. The van der Waals surface area contributed by atoms with E-state index in [0.717, 1.165) is 6.42 Å². The number of hydrogen-bond acceptors (Lipinski definition) is 0. The fourth-order valence-electron chi connectivity index (χ4n) is 4.55. The van der Waals surface area contributed by atoms with Crippen molar-refractivity contribution in [3.63, 3.8) is 0 Å². The molecule has 3 rings (SSSR count). The summed E-state index contributed by atoms with van der Waals surface area (Å²) in [5.41, 5.74) is 4.92. The van der Waals surface area contributed by atoms with E-state index in [1.807, 2.05) is 0 Å². The molecule has 1 aromatic carbocycles. The third-order valence-electron chi connectivity index (χ3n) is 6.16. The van der Waals surface area contributed by atoms with Crippen LogP contribution in [0.4, 0.5) is 0 Å². The summed E-state index contributed by atoms with van der Waals surface area (Å²) in [4.78, 5) is 0. The van der Waals surface area contributed by atoms with Crippen LogP contribution in [0.1, 0.15) is 70.4 Å². The van der Waals surface area contributed by atoms with Crippen LogP contribution < -0.4 is 0 Å². The number of rotatable bonds is 5. The van der Waals surface area contributed by atoms with Crippen molar-refractivity contribution in [1.82, 2.24) is 0 Å². The van der Waals surface area contributed by atoms with Gasteiger partial charge in [0.05, 0.1) is 0 Å². The molecule has 2 heteroatoms. The molecule has 23 heavy (non-hydrogen) atoms. The van der Waals surface area contributed by atoms with Crippen LogP contribution in [0.15, 0.2) is 39.3 Å². The van der Waals surface area contributed by atoms with E-state index in [1.165, 1.54) is 57.8 Å². The highest BCUT2D eigenvalue weighted by atomic mass is 79.9. The minimum Gasteiger partial charge on any atom is -0.0654 e. The van der Waals surface area contributed by atoms with Gasteiger partial charge in [-0.1, -0.05) is 96.5 Å². The second-order valence-corrected chi connectivity index (χ2v) is 9.47. The predicted octanol–water partition coefficient (Wildman–Crippen LogP) is 7.76. The quantitative estimate of drug-likeness (QED) is 0.412. The first-order valence-corrected chi connectivity index (χ1v) is 10.4. The van der Waals surface area contributed by atoms with E-state index in [2.05, 4.69) is 83.0 Å². The standard InChI is InChI=1S/C21H26Br2/c1-4-5-6-7-12-20(2)19-13-15(22)8-10-17(19)18-11-9-16(23)14-21(18,20)3/h8-11,13H,4-7,12,14H2,1-3H3. The minimum atomic E-state index is 0.190. The molecule has 124 valence electrons. The molecule has 0 spiro atoms. The van der Waals surface area contributed by atoms with Gasteiger partial charge in [0.15, 0.2) is 0 Å². The summed E-state index contributed by atoms with van der Waals surface area (Å²) in [6, 6.07) is 6.87. The molecule has 0 saturated heterocycles. The van der Waals surface area contributed by atoms with Crippen molar-refractivity contribution in [2.24, 2.45) is 5.41 Å². The Kier molecular flexibility index (Phi) is 4.95. The molecule has 1 aromatic rings. The maximum absolute atomic E-state index is 3.77. The van der Waals surface area contributed by atoms with Crippen LogP contribution >= 0.6 is 31.9 Å². The number of halogens is 2. The first kappa shape index (κ1) is 17.5. The fraction of sp³-hybridized carbons (Fsp3) is 0.524. The van der Waals surface area contributed by atoms with Crippen LogP contribution in [0, 0.1) is 5.41 Å². The first-order valence-electron chi connectivity index (χ1n) is 8.79. The van der Waals surface area contributed by atoms with E-state index < -0.39 is 0 Å². The van der Waals surface area contributed by atoms with Crippen molar-refractivity contribution in [2.75, 3.05) is 0 Å². The molecule has 0 nitrogen and oxygen atoms in total. The van der Waals surface area contributed by atoms with Gasteiger partial charge in [-0.3, -0.25) is 0 Å². The third kappa shape index (κ3) is 2.80. The maximum Gasteiger partial charge on any atom is 0.0178 e. The molecule has 0 saturated carbocycles. The Hall–Kier alpha value is -0.340. The second-order valence-electron chi connectivity index (χ2n) is 7.54. The van der Waals surface area contributed by atoms with Crippen molar-refractivity contribution >= 4 is 37.4 Å². The molecule has 2 unspecified atom stereocenters. The molecule has 2 aliphatic carbocycles. The van der Waals surface area contributed by atoms with E-state index in [0.29, 0.717) is 0 Å². The molecule has 0 fully saturated rings. The van der Waals surface area contributed by atoms with Crippen LogP contribution in [0.25, 0.3) is 5.57 Å². The number of fused-ring (bicyclic) bond motifs is 3. The predicted molar refractivity (Wildman–Crippen MR) is 108 cm³/mol. The van der Waals surface area contributed by atoms with Gasteiger partial charge in [0, 0.05) is 15.3 Å². The summed E-state index contributed by atoms with van der Waals surface area (Å²) in [6.07, 6.45) is 12.3. The normalized spacial score (nSPS) is 28.9. The average Bonchev–Trinajstić information content (AvgIpc) is 2.69. The Morgan fingerprint density at radius 3 is 2.57 bits per heavy atom. The third-order valence-corrected chi connectivity index (χ3v) is 7.20. The lowest BCUT2D eigenvalue weighted by Gasteiger charge is -2.44. The molecular formula is C21H26Br2. The molecule has 0 N–H and O–H groups in total. The molecule has 0 aromatic heterocycles. The number of benzene rings is 1. The lowest BCUT2D eigenvalue weighted by molar-refractivity contribution is 0.222. The van der Waals surface area contributed by atoms with Crippen LogP contribution in [-0.4, -0.2) is 0 Å². The number of allylic oxidation sites excluding steroid dienone is 4. The van der Waals surface area contributed by atoms with Gasteiger partial charge in [0.1, 0.15) is 0 Å². The molecule has 0 heterocycles. The van der Waals surface area contributed by atoms with Gasteiger partial charge >= 0.3 is 0 Å². The zero-order chi connectivity index (χ0) is 16.7. The van der Waals surface area contributed by atoms with Crippen molar-refractivity contribution in [2.45, 2.75) is 64.7 Å². The molecular weight excluding hydrogens is 412 g/mol. The van der Waals surface area contributed by atoms with E-state index in [1.54, 1.807) is 0 Å². The largest absolute Gasteiger partial charge is 0.0654 e. The van der Waals surface area contributed by atoms with Gasteiger partial charge < -0.3 is 0 Å². The van der Waals surface area contributed by atoms with E-state index in [9.17, 15) is 0 Å². The fourth-order valence-corrected chi connectivity index (χ4v) is 5.60.